The number of hydrogen-bond acceptors (Lipinski definition) is 5. The Bertz CT molecular complexity index is 1650. The highest BCUT2D eigenvalue weighted by atomic mass is 19.1. The summed E-state index contributed by atoms with van der Waals surface area (Å²) in [5, 5.41) is 15.8. The van der Waals surface area contributed by atoms with E-state index in [4.69, 9.17) is 15.6 Å². The van der Waals surface area contributed by atoms with Gasteiger partial charge in [-0.25, -0.2) is 9.07 Å². The third-order valence-corrected chi connectivity index (χ3v) is 6.15. The van der Waals surface area contributed by atoms with Crippen molar-refractivity contribution in [2.24, 2.45) is 5.73 Å². The van der Waals surface area contributed by atoms with Crippen molar-refractivity contribution < 1.29 is 9.13 Å². The molecule has 35 heavy (non-hydrogen) atoms. The van der Waals surface area contributed by atoms with E-state index in [0.29, 0.717) is 17.0 Å². The normalized spacial score (nSPS) is 14.9. The summed E-state index contributed by atoms with van der Waals surface area (Å²) in [6, 6.07) is 25.7. The molecule has 0 saturated heterocycles. The first-order valence-electron chi connectivity index (χ1n) is 11.0. The summed E-state index contributed by atoms with van der Waals surface area (Å²) in [5.74, 6) is -0.343. The van der Waals surface area contributed by atoms with Gasteiger partial charge in [0, 0.05) is 34.5 Å². The van der Waals surface area contributed by atoms with Crippen LogP contribution in [0.5, 0.6) is 5.75 Å². The Morgan fingerprint density at radius 2 is 1.74 bits per heavy atom. The van der Waals surface area contributed by atoms with Gasteiger partial charge in [-0.05, 0) is 42.5 Å². The van der Waals surface area contributed by atoms with Gasteiger partial charge in [0.05, 0.1) is 17.3 Å². The number of benzene rings is 3. The van der Waals surface area contributed by atoms with Crippen LogP contribution in [0.4, 0.5) is 4.39 Å². The summed E-state index contributed by atoms with van der Waals surface area (Å²) in [5.41, 5.74) is 10.9. The van der Waals surface area contributed by atoms with Crippen molar-refractivity contribution in [3.8, 4) is 28.8 Å². The standard InChI is InChI=1S/C28H18FN5O/c29-19-11-8-18(9-12-19)25-23(16-34(33-25)20-6-2-1-3-7-20)24-21-13-10-17-5-4-14-32-26(17)27(21)35-28(31)22(24)15-30/h1-14,16,24H,31H2. The molecule has 2 aromatic heterocycles. The summed E-state index contributed by atoms with van der Waals surface area (Å²) in [6.07, 6.45) is 3.58. The Labute approximate surface area is 200 Å². The molecule has 3 aromatic carbocycles. The molecule has 1 aliphatic heterocycles. The number of nitrogens with zero attached hydrogens (tertiary/aromatic N) is 4. The summed E-state index contributed by atoms with van der Waals surface area (Å²) in [4.78, 5) is 4.50. The van der Waals surface area contributed by atoms with Crippen molar-refractivity contribution in [1.29, 1.82) is 5.26 Å². The maximum atomic E-state index is 13.7. The van der Waals surface area contributed by atoms with Crippen LogP contribution in [-0.2, 0) is 0 Å². The molecule has 6 rings (SSSR count). The van der Waals surface area contributed by atoms with Gasteiger partial charge in [-0.2, -0.15) is 10.4 Å². The quantitative estimate of drug-likeness (QED) is 0.388. The molecule has 0 amide bonds. The van der Waals surface area contributed by atoms with Crippen LogP contribution >= 0.6 is 0 Å². The molecule has 1 aliphatic rings. The fourth-order valence-corrected chi connectivity index (χ4v) is 4.52. The number of aromatic nitrogens is 3. The third kappa shape index (κ3) is 3.40. The van der Waals surface area contributed by atoms with Crippen molar-refractivity contribution in [3.63, 3.8) is 0 Å². The van der Waals surface area contributed by atoms with E-state index in [0.717, 1.165) is 27.8 Å². The molecule has 3 heterocycles. The zero-order valence-electron chi connectivity index (χ0n) is 18.4. The van der Waals surface area contributed by atoms with E-state index < -0.39 is 5.92 Å². The van der Waals surface area contributed by atoms with Crippen molar-refractivity contribution in [3.05, 3.63) is 120 Å². The number of ether oxygens (including phenoxy) is 1. The van der Waals surface area contributed by atoms with Gasteiger partial charge in [0.1, 0.15) is 23.0 Å². The number of allylic oxidation sites excluding steroid dienone is 1. The molecule has 0 spiro atoms. The van der Waals surface area contributed by atoms with Crippen molar-refractivity contribution in [2.75, 3.05) is 0 Å². The molecule has 0 fully saturated rings. The number of hydrogen-bond donors (Lipinski definition) is 1. The summed E-state index contributed by atoms with van der Waals surface area (Å²) in [6.45, 7) is 0. The second-order valence-corrected chi connectivity index (χ2v) is 8.20. The van der Waals surface area contributed by atoms with Crippen LogP contribution in [0.25, 0.3) is 27.8 Å². The monoisotopic (exact) mass is 459 g/mol. The maximum Gasteiger partial charge on any atom is 0.205 e. The number of pyridine rings is 1. The zero-order chi connectivity index (χ0) is 23.9. The van der Waals surface area contributed by atoms with Crippen molar-refractivity contribution in [2.45, 2.75) is 5.92 Å². The van der Waals surface area contributed by atoms with Gasteiger partial charge in [0.25, 0.3) is 0 Å². The van der Waals surface area contributed by atoms with Crippen LogP contribution in [0.1, 0.15) is 17.0 Å². The Balaban J connectivity index is 1.64. The first-order chi connectivity index (χ1) is 17.1. The fraction of sp³-hybridized carbons (Fsp3) is 0.0357. The van der Waals surface area contributed by atoms with Crippen LogP contribution in [0.2, 0.25) is 0 Å². The Morgan fingerprint density at radius 1 is 0.943 bits per heavy atom. The topological polar surface area (TPSA) is 89.8 Å². The predicted molar refractivity (Wildman–Crippen MR) is 130 cm³/mol. The average molecular weight is 459 g/mol. The van der Waals surface area contributed by atoms with E-state index in [1.807, 2.05) is 60.8 Å². The van der Waals surface area contributed by atoms with Gasteiger partial charge < -0.3 is 10.5 Å². The maximum absolute atomic E-state index is 13.7. The van der Waals surface area contributed by atoms with Gasteiger partial charge in [-0.3, -0.25) is 4.98 Å². The minimum atomic E-state index is -0.548. The van der Waals surface area contributed by atoms with Gasteiger partial charge in [-0.15, -0.1) is 0 Å². The lowest BCUT2D eigenvalue weighted by Gasteiger charge is -2.26. The third-order valence-electron chi connectivity index (χ3n) is 6.15. The van der Waals surface area contributed by atoms with Crippen LogP contribution in [-0.4, -0.2) is 14.8 Å². The summed E-state index contributed by atoms with van der Waals surface area (Å²) < 4.78 is 21.4. The summed E-state index contributed by atoms with van der Waals surface area (Å²) >= 11 is 0. The first kappa shape index (κ1) is 20.6. The highest BCUT2D eigenvalue weighted by Gasteiger charge is 2.35. The Hall–Kier alpha value is -4.96. The number of para-hydroxylation sites is 1. The van der Waals surface area contributed by atoms with Crippen molar-refractivity contribution in [1.82, 2.24) is 14.8 Å². The van der Waals surface area contributed by atoms with Crippen LogP contribution < -0.4 is 10.5 Å². The van der Waals surface area contributed by atoms with Gasteiger partial charge in [0.2, 0.25) is 5.88 Å². The molecule has 2 N–H and O–H groups in total. The van der Waals surface area contributed by atoms with E-state index in [9.17, 15) is 9.65 Å². The first-order valence-corrected chi connectivity index (χ1v) is 11.0. The minimum absolute atomic E-state index is 0.0284. The number of nitriles is 1. The number of halogens is 1. The lowest BCUT2D eigenvalue weighted by molar-refractivity contribution is 0.397. The highest BCUT2D eigenvalue weighted by Crippen LogP contribution is 2.47. The van der Waals surface area contributed by atoms with Crippen LogP contribution in [0, 0.1) is 17.1 Å². The van der Waals surface area contributed by atoms with E-state index in [2.05, 4.69) is 11.1 Å². The Kier molecular flexibility index (Phi) is 4.78. The lowest BCUT2D eigenvalue weighted by atomic mass is 9.82. The minimum Gasteiger partial charge on any atom is -0.438 e. The number of nitrogens with two attached hydrogens (primary N) is 1. The van der Waals surface area contributed by atoms with Crippen molar-refractivity contribution >= 4 is 10.9 Å². The predicted octanol–water partition coefficient (Wildman–Crippen LogP) is 5.44. The molecular weight excluding hydrogens is 441 g/mol. The summed E-state index contributed by atoms with van der Waals surface area (Å²) in [7, 11) is 0. The second-order valence-electron chi connectivity index (χ2n) is 8.20. The smallest absolute Gasteiger partial charge is 0.205 e. The van der Waals surface area contributed by atoms with E-state index in [1.54, 1.807) is 23.0 Å². The molecule has 7 heteroatoms. The number of rotatable bonds is 3. The van der Waals surface area contributed by atoms with E-state index in [1.165, 1.54) is 12.1 Å². The van der Waals surface area contributed by atoms with Crippen LogP contribution in [0.3, 0.4) is 0 Å². The molecule has 0 radical (unpaired) electrons. The largest absolute Gasteiger partial charge is 0.438 e. The van der Waals surface area contributed by atoms with Crippen LogP contribution in [0.15, 0.2) is 103 Å². The molecule has 168 valence electrons. The van der Waals surface area contributed by atoms with E-state index >= 15 is 0 Å². The molecule has 0 saturated carbocycles. The highest BCUT2D eigenvalue weighted by molar-refractivity contribution is 5.87. The second kappa shape index (κ2) is 8.12. The SMILES string of the molecule is N#CC1=C(N)Oc2c(ccc3cccnc23)C1c1cn(-c2ccccc2)nc1-c1ccc(F)cc1. The van der Waals surface area contributed by atoms with E-state index in [-0.39, 0.29) is 17.3 Å². The fourth-order valence-electron chi connectivity index (χ4n) is 4.52. The van der Waals surface area contributed by atoms with Gasteiger partial charge in [-0.1, -0.05) is 36.4 Å². The molecule has 6 nitrogen and oxygen atoms in total. The molecule has 5 aromatic rings. The molecular formula is C28H18FN5O. The molecule has 0 aliphatic carbocycles. The van der Waals surface area contributed by atoms with Gasteiger partial charge in [0.15, 0.2) is 5.75 Å². The average Bonchev–Trinajstić information content (AvgIpc) is 3.34. The molecule has 1 atom stereocenters. The molecule has 1 unspecified atom stereocenters. The van der Waals surface area contributed by atoms with Gasteiger partial charge >= 0.3 is 0 Å². The molecule has 0 bridgehead atoms. The lowest BCUT2D eigenvalue weighted by Crippen LogP contribution is -2.21. The zero-order valence-corrected chi connectivity index (χ0v) is 18.4. The Morgan fingerprint density at radius 3 is 2.51 bits per heavy atom. The number of fused-ring (bicyclic) bond motifs is 3.